The molecule has 0 spiro atoms. The molecular weight excluding hydrogens is 406 g/mol. The second kappa shape index (κ2) is 6.81. The van der Waals surface area contributed by atoms with Crippen molar-refractivity contribution in [2.45, 2.75) is 18.9 Å². The normalized spacial score (nSPS) is 17.1. The van der Waals surface area contributed by atoms with Gasteiger partial charge < -0.3 is 14.6 Å². The van der Waals surface area contributed by atoms with Gasteiger partial charge in [0.1, 0.15) is 24.2 Å². The predicted octanol–water partition coefficient (Wildman–Crippen LogP) is 4.32. The third kappa shape index (κ3) is 3.02. The molecule has 1 saturated heterocycles. The van der Waals surface area contributed by atoms with Crippen molar-refractivity contribution in [3.05, 3.63) is 53.5 Å². The Morgan fingerprint density at radius 3 is 3.00 bits per heavy atom. The number of imidazole rings is 1. The lowest BCUT2D eigenvalue weighted by molar-refractivity contribution is 0.291. The van der Waals surface area contributed by atoms with Crippen LogP contribution in [-0.2, 0) is 0 Å². The van der Waals surface area contributed by atoms with Crippen molar-refractivity contribution in [2.75, 3.05) is 18.1 Å². The molecule has 1 aliphatic rings. The fourth-order valence-corrected chi connectivity index (χ4v) is 4.17. The van der Waals surface area contributed by atoms with Crippen molar-refractivity contribution in [1.29, 1.82) is 0 Å². The standard InChI is InChI=1S/C20H18BrN5O/c21-20-24-17-18(25-20)22-12-23-19(17)26-10-4-7-14(26)11-27-16-9-3-6-13-5-1-2-8-15(13)16/h1-3,5-6,8-9,12,14H,4,7,10-11H2,(H,22,23,24,25). The van der Waals surface area contributed by atoms with Gasteiger partial charge in [0.25, 0.3) is 0 Å². The number of halogens is 1. The third-order valence-electron chi connectivity index (χ3n) is 5.07. The second-order valence-electron chi connectivity index (χ2n) is 6.70. The molecule has 1 atom stereocenters. The first-order chi connectivity index (χ1) is 13.3. The van der Waals surface area contributed by atoms with Crippen molar-refractivity contribution in [2.24, 2.45) is 0 Å². The Balaban J connectivity index is 1.41. The molecule has 0 amide bonds. The first-order valence-electron chi connectivity index (χ1n) is 9.03. The average molecular weight is 424 g/mol. The van der Waals surface area contributed by atoms with E-state index in [0.29, 0.717) is 17.0 Å². The minimum Gasteiger partial charge on any atom is -0.491 e. The van der Waals surface area contributed by atoms with Crippen LogP contribution in [0.1, 0.15) is 12.8 Å². The fraction of sp³-hybridized carbons (Fsp3) is 0.250. The van der Waals surface area contributed by atoms with E-state index in [-0.39, 0.29) is 6.04 Å². The van der Waals surface area contributed by atoms with Gasteiger partial charge in [-0.2, -0.15) is 0 Å². The van der Waals surface area contributed by atoms with Gasteiger partial charge in [0.2, 0.25) is 0 Å². The van der Waals surface area contributed by atoms with Crippen LogP contribution in [0.2, 0.25) is 0 Å². The largest absolute Gasteiger partial charge is 0.491 e. The first-order valence-corrected chi connectivity index (χ1v) is 9.82. The van der Waals surface area contributed by atoms with E-state index in [1.54, 1.807) is 6.33 Å². The van der Waals surface area contributed by atoms with E-state index in [9.17, 15) is 0 Å². The Morgan fingerprint density at radius 1 is 1.15 bits per heavy atom. The van der Waals surface area contributed by atoms with E-state index in [1.165, 1.54) is 5.39 Å². The number of nitrogens with zero attached hydrogens (tertiary/aromatic N) is 4. The SMILES string of the molecule is Brc1nc2ncnc(N3CCCC3COc3cccc4ccccc34)c2[nH]1. The number of aromatic amines is 1. The Labute approximate surface area is 164 Å². The highest BCUT2D eigenvalue weighted by Gasteiger charge is 2.28. The number of H-pyrrole nitrogens is 1. The van der Waals surface area contributed by atoms with Crippen LogP contribution >= 0.6 is 15.9 Å². The monoisotopic (exact) mass is 423 g/mol. The van der Waals surface area contributed by atoms with E-state index >= 15 is 0 Å². The molecule has 5 rings (SSSR count). The van der Waals surface area contributed by atoms with Gasteiger partial charge in [-0.25, -0.2) is 15.0 Å². The molecule has 1 N–H and O–H groups in total. The average Bonchev–Trinajstić information content (AvgIpc) is 3.31. The molecule has 3 heterocycles. The molecule has 0 aliphatic carbocycles. The maximum Gasteiger partial charge on any atom is 0.183 e. The number of hydrogen-bond donors (Lipinski definition) is 1. The molecule has 27 heavy (non-hydrogen) atoms. The van der Waals surface area contributed by atoms with Crippen LogP contribution in [0.4, 0.5) is 5.82 Å². The summed E-state index contributed by atoms with van der Waals surface area (Å²) in [5.74, 6) is 1.82. The van der Waals surface area contributed by atoms with E-state index < -0.39 is 0 Å². The van der Waals surface area contributed by atoms with Crippen molar-refractivity contribution in [3.8, 4) is 5.75 Å². The van der Waals surface area contributed by atoms with Gasteiger partial charge in [-0.3, -0.25) is 0 Å². The van der Waals surface area contributed by atoms with Gasteiger partial charge in [-0.15, -0.1) is 0 Å². The molecule has 1 aliphatic heterocycles. The molecular formula is C20H18BrN5O. The van der Waals surface area contributed by atoms with Crippen LogP contribution < -0.4 is 9.64 Å². The summed E-state index contributed by atoms with van der Waals surface area (Å²) in [6, 6.07) is 14.8. The molecule has 0 radical (unpaired) electrons. The van der Waals surface area contributed by atoms with Crippen LogP contribution in [0.5, 0.6) is 5.75 Å². The van der Waals surface area contributed by atoms with Crippen LogP contribution in [0.25, 0.3) is 21.9 Å². The number of fused-ring (bicyclic) bond motifs is 2. The quantitative estimate of drug-likeness (QED) is 0.495. The third-order valence-corrected chi connectivity index (χ3v) is 5.45. The van der Waals surface area contributed by atoms with Gasteiger partial charge in [0.05, 0.1) is 6.04 Å². The summed E-state index contributed by atoms with van der Waals surface area (Å²) >= 11 is 3.39. The number of aromatic nitrogens is 4. The van der Waals surface area contributed by atoms with Gasteiger partial charge in [-0.05, 0) is 40.2 Å². The van der Waals surface area contributed by atoms with Gasteiger partial charge in [0, 0.05) is 11.9 Å². The number of anilines is 1. The van der Waals surface area contributed by atoms with Crippen molar-refractivity contribution < 1.29 is 4.74 Å². The number of ether oxygens (including phenoxy) is 1. The Kier molecular flexibility index (Phi) is 4.16. The molecule has 0 bridgehead atoms. The highest BCUT2D eigenvalue weighted by atomic mass is 79.9. The Morgan fingerprint density at radius 2 is 2.04 bits per heavy atom. The van der Waals surface area contributed by atoms with Crippen molar-refractivity contribution in [3.63, 3.8) is 0 Å². The van der Waals surface area contributed by atoms with Crippen LogP contribution in [0, 0.1) is 0 Å². The zero-order valence-corrected chi connectivity index (χ0v) is 16.2. The summed E-state index contributed by atoms with van der Waals surface area (Å²) in [4.78, 5) is 18.6. The first kappa shape index (κ1) is 16.5. The zero-order valence-electron chi connectivity index (χ0n) is 14.6. The summed E-state index contributed by atoms with van der Waals surface area (Å²) in [5, 5.41) is 2.34. The molecule has 136 valence electrons. The predicted molar refractivity (Wildman–Crippen MR) is 109 cm³/mol. The molecule has 1 unspecified atom stereocenters. The van der Waals surface area contributed by atoms with Crippen molar-refractivity contribution >= 4 is 43.7 Å². The van der Waals surface area contributed by atoms with Gasteiger partial charge in [0.15, 0.2) is 16.2 Å². The lowest BCUT2D eigenvalue weighted by Crippen LogP contribution is -2.35. The summed E-state index contributed by atoms with van der Waals surface area (Å²) < 4.78 is 6.92. The molecule has 2 aromatic carbocycles. The topological polar surface area (TPSA) is 66.9 Å². The lowest BCUT2D eigenvalue weighted by atomic mass is 10.1. The maximum atomic E-state index is 6.25. The van der Waals surface area contributed by atoms with Gasteiger partial charge >= 0.3 is 0 Å². The molecule has 2 aromatic heterocycles. The molecule has 1 fully saturated rings. The maximum absolute atomic E-state index is 6.25. The number of hydrogen-bond acceptors (Lipinski definition) is 5. The van der Waals surface area contributed by atoms with E-state index in [2.05, 4.69) is 59.0 Å². The Bertz CT molecular complexity index is 1110. The number of rotatable bonds is 4. The van der Waals surface area contributed by atoms with Gasteiger partial charge in [-0.1, -0.05) is 36.4 Å². The fourth-order valence-electron chi connectivity index (χ4n) is 3.80. The second-order valence-corrected chi connectivity index (χ2v) is 7.45. The number of benzene rings is 2. The molecule has 6 nitrogen and oxygen atoms in total. The summed E-state index contributed by atoms with van der Waals surface area (Å²) in [5.41, 5.74) is 1.54. The minimum atomic E-state index is 0.268. The zero-order chi connectivity index (χ0) is 18.2. The van der Waals surface area contributed by atoms with Crippen LogP contribution in [0.3, 0.4) is 0 Å². The van der Waals surface area contributed by atoms with E-state index in [4.69, 9.17) is 4.74 Å². The molecule has 7 heteroatoms. The van der Waals surface area contributed by atoms with Crippen molar-refractivity contribution in [1.82, 2.24) is 19.9 Å². The highest BCUT2D eigenvalue weighted by Crippen LogP contribution is 2.31. The summed E-state index contributed by atoms with van der Waals surface area (Å²) in [6.07, 6.45) is 3.77. The lowest BCUT2D eigenvalue weighted by Gasteiger charge is -2.26. The number of nitrogens with one attached hydrogen (secondary N) is 1. The molecule has 0 saturated carbocycles. The molecule has 4 aromatic rings. The summed E-state index contributed by atoms with van der Waals surface area (Å²) in [6.45, 7) is 1.57. The smallest absolute Gasteiger partial charge is 0.183 e. The van der Waals surface area contributed by atoms with E-state index in [1.807, 2.05) is 24.3 Å². The van der Waals surface area contributed by atoms with Crippen LogP contribution in [-0.4, -0.2) is 39.1 Å². The van der Waals surface area contributed by atoms with E-state index in [0.717, 1.165) is 41.9 Å². The Hall–Kier alpha value is -2.67. The highest BCUT2D eigenvalue weighted by molar-refractivity contribution is 9.10. The minimum absolute atomic E-state index is 0.268. The summed E-state index contributed by atoms with van der Waals surface area (Å²) in [7, 11) is 0. The van der Waals surface area contributed by atoms with Crippen LogP contribution in [0.15, 0.2) is 53.5 Å².